The molecule has 118 valence electrons. The first kappa shape index (κ1) is 16.1. The number of alkyl halides is 3. The van der Waals surface area contributed by atoms with Gasteiger partial charge in [0, 0.05) is 19.7 Å². The fourth-order valence-corrected chi connectivity index (χ4v) is 2.70. The van der Waals surface area contributed by atoms with Crippen molar-refractivity contribution in [3.8, 4) is 5.75 Å². The first-order valence-corrected chi connectivity index (χ1v) is 7.13. The Labute approximate surface area is 122 Å². The van der Waals surface area contributed by atoms with Crippen LogP contribution in [0.4, 0.5) is 13.2 Å². The molecule has 1 unspecified atom stereocenters. The highest BCUT2D eigenvalue weighted by Gasteiger charge is 2.34. The van der Waals surface area contributed by atoms with Crippen molar-refractivity contribution in [3.05, 3.63) is 29.3 Å². The van der Waals surface area contributed by atoms with Crippen molar-refractivity contribution in [3.63, 3.8) is 0 Å². The fraction of sp³-hybridized carbons (Fsp3) is 0.600. The van der Waals surface area contributed by atoms with Crippen LogP contribution >= 0.6 is 0 Å². The number of hydrogen-bond acceptors (Lipinski definition) is 3. The molecule has 0 bridgehead atoms. The molecular formula is C15H20F3NO2. The maximum absolute atomic E-state index is 12.8. The molecule has 1 aromatic carbocycles. The standard InChI is InChI=1S/C15H20F3NO2/c1-2-21-12-4-3-7-19(10-12)9-11-5-6-14(20)13(8-11)15(16,17)18/h5-6,8,12,20H,2-4,7,9-10H2,1H3. The van der Waals surface area contributed by atoms with Gasteiger partial charge in [-0.05, 0) is 44.0 Å². The summed E-state index contributed by atoms with van der Waals surface area (Å²) in [5, 5.41) is 9.33. The number of hydrogen-bond donors (Lipinski definition) is 1. The van der Waals surface area contributed by atoms with Crippen LogP contribution < -0.4 is 0 Å². The summed E-state index contributed by atoms with van der Waals surface area (Å²) in [6, 6.07) is 3.68. The van der Waals surface area contributed by atoms with E-state index in [2.05, 4.69) is 4.90 Å². The van der Waals surface area contributed by atoms with Gasteiger partial charge in [0.25, 0.3) is 0 Å². The minimum atomic E-state index is -4.53. The molecule has 3 nitrogen and oxygen atoms in total. The Hall–Kier alpha value is -1.27. The Morgan fingerprint density at radius 1 is 1.38 bits per heavy atom. The molecule has 1 aromatic rings. The van der Waals surface area contributed by atoms with Crippen LogP contribution in [0.3, 0.4) is 0 Å². The van der Waals surface area contributed by atoms with Gasteiger partial charge in [0.05, 0.1) is 11.7 Å². The number of rotatable bonds is 4. The molecule has 0 aliphatic carbocycles. The molecule has 1 N–H and O–H groups in total. The Bertz CT molecular complexity index is 474. The number of benzene rings is 1. The Balaban J connectivity index is 2.06. The van der Waals surface area contributed by atoms with Crippen molar-refractivity contribution in [1.82, 2.24) is 4.90 Å². The van der Waals surface area contributed by atoms with E-state index < -0.39 is 17.5 Å². The molecule has 0 radical (unpaired) electrons. The number of phenolic OH excluding ortho intramolecular Hbond substituents is 1. The molecule has 2 rings (SSSR count). The quantitative estimate of drug-likeness (QED) is 0.925. The lowest BCUT2D eigenvalue weighted by atomic mass is 10.1. The molecule has 0 aromatic heterocycles. The summed E-state index contributed by atoms with van der Waals surface area (Å²) in [6.45, 7) is 4.61. The SMILES string of the molecule is CCOC1CCCN(Cc2ccc(O)c(C(F)(F)F)c2)C1. The highest BCUT2D eigenvalue weighted by atomic mass is 19.4. The molecule has 1 fully saturated rings. The number of phenols is 1. The van der Waals surface area contributed by atoms with Gasteiger partial charge in [-0.1, -0.05) is 6.07 Å². The van der Waals surface area contributed by atoms with E-state index in [4.69, 9.17) is 4.74 Å². The van der Waals surface area contributed by atoms with Gasteiger partial charge >= 0.3 is 6.18 Å². The number of likely N-dealkylation sites (tertiary alicyclic amines) is 1. The lowest BCUT2D eigenvalue weighted by Crippen LogP contribution is -2.39. The summed E-state index contributed by atoms with van der Waals surface area (Å²) in [5.41, 5.74) is -0.421. The minimum absolute atomic E-state index is 0.156. The summed E-state index contributed by atoms with van der Waals surface area (Å²) >= 11 is 0. The molecular weight excluding hydrogens is 283 g/mol. The van der Waals surface area contributed by atoms with Gasteiger partial charge in [-0.3, -0.25) is 4.90 Å². The van der Waals surface area contributed by atoms with Gasteiger partial charge in [0.2, 0.25) is 0 Å². The van der Waals surface area contributed by atoms with Crippen LogP contribution in [0, 0.1) is 0 Å². The summed E-state index contributed by atoms with van der Waals surface area (Å²) in [6.07, 6.45) is -2.40. The molecule has 1 heterocycles. The average Bonchev–Trinajstić information content (AvgIpc) is 2.40. The zero-order chi connectivity index (χ0) is 15.5. The highest BCUT2D eigenvalue weighted by molar-refractivity contribution is 5.38. The van der Waals surface area contributed by atoms with E-state index in [0.29, 0.717) is 18.7 Å². The number of piperidine rings is 1. The second kappa shape index (κ2) is 6.66. The van der Waals surface area contributed by atoms with Crippen molar-refractivity contribution < 1.29 is 23.0 Å². The fourth-order valence-electron chi connectivity index (χ4n) is 2.70. The van der Waals surface area contributed by atoms with Crippen LogP contribution in [0.15, 0.2) is 18.2 Å². The van der Waals surface area contributed by atoms with Crippen LogP contribution in [0.2, 0.25) is 0 Å². The average molecular weight is 303 g/mol. The predicted molar refractivity (Wildman–Crippen MR) is 73.0 cm³/mol. The largest absolute Gasteiger partial charge is 0.507 e. The van der Waals surface area contributed by atoms with Crippen LogP contribution in [-0.4, -0.2) is 35.8 Å². The van der Waals surface area contributed by atoms with E-state index in [-0.39, 0.29) is 6.10 Å². The van der Waals surface area contributed by atoms with Crippen LogP contribution in [-0.2, 0) is 17.5 Å². The Kier molecular flexibility index (Phi) is 5.11. The van der Waals surface area contributed by atoms with Gasteiger partial charge in [0.15, 0.2) is 0 Å². The lowest BCUT2D eigenvalue weighted by Gasteiger charge is -2.32. The zero-order valence-electron chi connectivity index (χ0n) is 12.0. The van der Waals surface area contributed by atoms with Gasteiger partial charge < -0.3 is 9.84 Å². The van der Waals surface area contributed by atoms with E-state index in [1.54, 1.807) is 0 Å². The topological polar surface area (TPSA) is 32.7 Å². The Morgan fingerprint density at radius 3 is 2.81 bits per heavy atom. The van der Waals surface area contributed by atoms with Gasteiger partial charge in [-0.15, -0.1) is 0 Å². The van der Waals surface area contributed by atoms with E-state index >= 15 is 0 Å². The molecule has 1 aliphatic heterocycles. The molecule has 21 heavy (non-hydrogen) atoms. The monoisotopic (exact) mass is 303 g/mol. The van der Waals surface area contributed by atoms with E-state index in [9.17, 15) is 18.3 Å². The maximum atomic E-state index is 12.8. The van der Waals surface area contributed by atoms with Crippen molar-refractivity contribution >= 4 is 0 Å². The molecule has 0 spiro atoms. The van der Waals surface area contributed by atoms with E-state index in [1.165, 1.54) is 6.07 Å². The molecule has 0 saturated carbocycles. The third-order valence-corrected chi connectivity index (χ3v) is 3.64. The molecule has 1 aliphatic rings. The molecule has 6 heteroatoms. The smallest absolute Gasteiger partial charge is 0.419 e. The summed E-state index contributed by atoms with van der Waals surface area (Å²) in [4.78, 5) is 2.09. The molecule has 0 amide bonds. The van der Waals surface area contributed by atoms with Crippen LogP contribution in [0.1, 0.15) is 30.9 Å². The number of ether oxygens (including phenoxy) is 1. The van der Waals surface area contributed by atoms with Gasteiger partial charge in [-0.25, -0.2) is 0 Å². The normalized spacial score (nSPS) is 20.7. The second-order valence-electron chi connectivity index (χ2n) is 5.30. The first-order valence-electron chi connectivity index (χ1n) is 7.13. The van der Waals surface area contributed by atoms with E-state index in [1.807, 2.05) is 6.92 Å². The van der Waals surface area contributed by atoms with Crippen LogP contribution in [0.5, 0.6) is 5.75 Å². The minimum Gasteiger partial charge on any atom is -0.507 e. The molecule has 1 atom stereocenters. The van der Waals surface area contributed by atoms with Crippen molar-refractivity contribution in [2.45, 2.75) is 38.6 Å². The second-order valence-corrected chi connectivity index (χ2v) is 5.30. The van der Waals surface area contributed by atoms with Gasteiger partial charge in [-0.2, -0.15) is 13.2 Å². The zero-order valence-corrected chi connectivity index (χ0v) is 12.0. The van der Waals surface area contributed by atoms with Crippen molar-refractivity contribution in [1.29, 1.82) is 0 Å². The summed E-state index contributed by atoms with van der Waals surface area (Å²) < 4.78 is 43.9. The van der Waals surface area contributed by atoms with Gasteiger partial charge in [0.1, 0.15) is 5.75 Å². The first-order chi connectivity index (χ1) is 9.90. The van der Waals surface area contributed by atoms with Crippen LogP contribution in [0.25, 0.3) is 0 Å². The number of halogens is 3. The number of nitrogens with zero attached hydrogens (tertiary/aromatic N) is 1. The molecule has 1 saturated heterocycles. The summed E-state index contributed by atoms with van der Waals surface area (Å²) in [7, 11) is 0. The maximum Gasteiger partial charge on any atom is 0.419 e. The third kappa shape index (κ3) is 4.35. The van der Waals surface area contributed by atoms with Crippen molar-refractivity contribution in [2.75, 3.05) is 19.7 Å². The summed E-state index contributed by atoms with van der Waals surface area (Å²) in [5.74, 6) is -0.725. The van der Waals surface area contributed by atoms with E-state index in [0.717, 1.165) is 38.1 Å². The third-order valence-electron chi connectivity index (χ3n) is 3.64. The van der Waals surface area contributed by atoms with Crippen molar-refractivity contribution in [2.24, 2.45) is 0 Å². The predicted octanol–water partition coefficient (Wildman–Crippen LogP) is 3.41. The Morgan fingerprint density at radius 2 is 2.14 bits per heavy atom. The number of aromatic hydroxyl groups is 1. The lowest BCUT2D eigenvalue weighted by molar-refractivity contribution is -0.138. The highest BCUT2D eigenvalue weighted by Crippen LogP contribution is 2.36.